The van der Waals surface area contributed by atoms with Crippen LogP contribution in [0.5, 0.6) is 0 Å². The number of aliphatic hydroxyl groups is 1. The van der Waals surface area contributed by atoms with Crippen molar-refractivity contribution in [3.63, 3.8) is 0 Å². The Kier molecular flexibility index (Phi) is 6.38. The van der Waals surface area contributed by atoms with Crippen LogP contribution in [0.1, 0.15) is 13.3 Å². The fraction of sp³-hybridized carbons (Fsp3) is 0.462. The van der Waals surface area contributed by atoms with Crippen LogP contribution in [0, 0.1) is 11.6 Å². The van der Waals surface area contributed by atoms with Crippen LogP contribution >= 0.6 is 0 Å². The molecule has 0 heterocycles. The van der Waals surface area contributed by atoms with Crippen molar-refractivity contribution in [3.05, 3.63) is 29.8 Å². The number of hydrogen-bond acceptors (Lipinski definition) is 3. The molecule has 0 aromatic heterocycles. The fourth-order valence-corrected chi connectivity index (χ4v) is 1.63. The zero-order valence-corrected chi connectivity index (χ0v) is 10.8. The lowest BCUT2D eigenvalue weighted by Crippen LogP contribution is -2.34. The van der Waals surface area contributed by atoms with Crippen molar-refractivity contribution < 1.29 is 18.7 Å². The summed E-state index contributed by atoms with van der Waals surface area (Å²) in [5.41, 5.74) is -0.164. The second-order valence-electron chi connectivity index (χ2n) is 4.12. The number of nitrogens with zero attached hydrogens (tertiary/aromatic N) is 1. The molecule has 0 atom stereocenters. The topological polar surface area (TPSA) is 52.6 Å². The highest BCUT2D eigenvalue weighted by Gasteiger charge is 2.11. The van der Waals surface area contributed by atoms with Gasteiger partial charge in [-0.15, -0.1) is 0 Å². The number of anilines is 1. The molecule has 4 nitrogen and oxygen atoms in total. The maximum Gasteiger partial charge on any atom is 0.238 e. The highest BCUT2D eigenvalue weighted by Crippen LogP contribution is 2.15. The predicted octanol–water partition coefficient (Wildman–Crippen LogP) is 1.61. The van der Waals surface area contributed by atoms with Gasteiger partial charge >= 0.3 is 0 Å². The third-order valence-corrected chi connectivity index (χ3v) is 2.65. The van der Waals surface area contributed by atoms with E-state index in [1.54, 1.807) is 0 Å². The highest BCUT2D eigenvalue weighted by atomic mass is 19.1. The van der Waals surface area contributed by atoms with E-state index in [4.69, 9.17) is 5.11 Å². The van der Waals surface area contributed by atoms with Gasteiger partial charge in [-0.1, -0.05) is 6.92 Å². The molecule has 0 unspecified atom stereocenters. The van der Waals surface area contributed by atoms with E-state index in [1.807, 2.05) is 11.8 Å². The van der Waals surface area contributed by atoms with Crippen LogP contribution in [0.25, 0.3) is 0 Å². The van der Waals surface area contributed by atoms with E-state index in [9.17, 15) is 13.6 Å². The molecular formula is C13H18F2N2O2. The van der Waals surface area contributed by atoms with Gasteiger partial charge in [-0.25, -0.2) is 8.78 Å². The predicted molar refractivity (Wildman–Crippen MR) is 68.8 cm³/mol. The van der Waals surface area contributed by atoms with E-state index in [0.717, 1.165) is 18.2 Å². The minimum absolute atomic E-state index is 0.0522. The Balaban J connectivity index is 2.56. The van der Waals surface area contributed by atoms with Gasteiger partial charge in [0.2, 0.25) is 5.91 Å². The number of likely N-dealkylation sites (N-methyl/N-ethyl adjacent to an activating group) is 1. The smallest absolute Gasteiger partial charge is 0.238 e. The van der Waals surface area contributed by atoms with Gasteiger partial charge in [-0.2, -0.15) is 0 Å². The van der Waals surface area contributed by atoms with Gasteiger partial charge in [0.25, 0.3) is 0 Å². The number of rotatable bonds is 7. The van der Waals surface area contributed by atoms with Crippen LogP contribution in [0.2, 0.25) is 0 Å². The van der Waals surface area contributed by atoms with Crippen molar-refractivity contribution >= 4 is 11.6 Å². The summed E-state index contributed by atoms with van der Waals surface area (Å²) in [5, 5.41) is 11.1. The Morgan fingerprint density at radius 1 is 1.42 bits per heavy atom. The summed E-state index contributed by atoms with van der Waals surface area (Å²) in [6.45, 7) is 3.22. The zero-order valence-electron chi connectivity index (χ0n) is 10.8. The molecular weight excluding hydrogens is 254 g/mol. The summed E-state index contributed by atoms with van der Waals surface area (Å²) in [6, 6.07) is 2.90. The molecule has 0 saturated heterocycles. The SMILES string of the molecule is CCN(CCCO)CC(=O)Nc1cc(F)ccc1F. The van der Waals surface area contributed by atoms with Crippen LogP contribution < -0.4 is 5.32 Å². The van der Waals surface area contributed by atoms with Crippen molar-refractivity contribution in [1.29, 1.82) is 0 Å². The number of amides is 1. The molecule has 0 saturated carbocycles. The number of aliphatic hydroxyl groups excluding tert-OH is 1. The van der Waals surface area contributed by atoms with E-state index in [2.05, 4.69) is 5.32 Å². The first-order valence-corrected chi connectivity index (χ1v) is 6.15. The van der Waals surface area contributed by atoms with Crippen LogP contribution in [0.15, 0.2) is 18.2 Å². The molecule has 1 aromatic rings. The molecule has 2 N–H and O–H groups in total. The highest BCUT2D eigenvalue weighted by molar-refractivity contribution is 5.92. The fourth-order valence-electron chi connectivity index (χ4n) is 1.63. The Morgan fingerprint density at radius 3 is 2.79 bits per heavy atom. The number of carbonyl (C=O) groups is 1. The van der Waals surface area contributed by atoms with Crippen LogP contribution in [0.3, 0.4) is 0 Å². The third-order valence-electron chi connectivity index (χ3n) is 2.65. The summed E-state index contributed by atoms with van der Waals surface area (Å²) in [4.78, 5) is 13.5. The minimum Gasteiger partial charge on any atom is -0.396 e. The minimum atomic E-state index is -0.673. The van der Waals surface area contributed by atoms with Crippen molar-refractivity contribution in [3.8, 4) is 0 Å². The van der Waals surface area contributed by atoms with Crippen molar-refractivity contribution in [2.45, 2.75) is 13.3 Å². The molecule has 0 aliphatic rings. The van der Waals surface area contributed by atoms with Crippen LogP contribution in [0.4, 0.5) is 14.5 Å². The average molecular weight is 272 g/mol. The van der Waals surface area contributed by atoms with E-state index >= 15 is 0 Å². The molecule has 1 amide bonds. The average Bonchev–Trinajstić information content (AvgIpc) is 2.38. The monoisotopic (exact) mass is 272 g/mol. The Hall–Kier alpha value is -1.53. The zero-order chi connectivity index (χ0) is 14.3. The maximum absolute atomic E-state index is 13.3. The molecule has 0 fully saturated rings. The Labute approximate surface area is 111 Å². The maximum atomic E-state index is 13.3. The van der Waals surface area contributed by atoms with Gasteiger partial charge in [-0.3, -0.25) is 9.69 Å². The lowest BCUT2D eigenvalue weighted by molar-refractivity contribution is -0.117. The first-order valence-electron chi connectivity index (χ1n) is 6.15. The van der Waals surface area contributed by atoms with E-state index in [0.29, 0.717) is 19.5 Å². The molecule has 1 aromatic carbocycles. The number of hydrogen-bond donors (Lipinski definition) is 2. The van der Waals surface area contributed by atoms with Gasteiger partial charge in [0.05, 0.1) is 12.2 Å². The van der Waals surface area contributed by atoms with E-state index < -0.39 is 17.5 Å². The van der Waals surface area contributed by atoms with Crippen LogP contribution in [-0.2, 0) is 4.79 Å². The van der Waals surface area contributed by atoms with Crippen LogP contribution in [-0.4, -0.2) is 42.2 Å². The molecule has 1 rings (SSSR count). The molecule has 106 valence electrons. The summed E-state index contributed by atoms with van der Waals surface area (Å²) >= 11 is 0. The summed E-state index contributed by atoms with van der Waals surface area (Å²) in [7, 11) is 0. The van der Waals surface area contributed by atoms with Crippen molar-refractivity contribution in [1.82, 2.24) is 4.90 Å². The Morgan fingerprint density at radius 2 is 2.16 bits per heavy atom. The normalized spacial score (nSPS) is 10.8. The van der Waals surface area contributed by atoms with Gasteiger partial charge in [0.15, 0.2) is 0 Å². The molecule has 0 aliphatic carbocycles. The molecule has 0 radical (unpaired) electrons. The van der Waals surface area contributed by atoms with E-state index in [-0.39, 0.29) is 18.8 Å². The van der Waals surface area contributed by atoms with E-state index in [1.165, 1.54) is 0 Å². The first kappa shape index (κ1) is 15.5. The number of carbonyl (C=O) groups excluding carboxylic acids is 1. The number of halogens is 2. The summed E-state index contributed by atoms with van der Waals surface area (Å²) in [6.07, 6.45) is 0.565. The second kappa shape index (κ2) is 7.81. The summed E-state index contributed by atoms with van der Waals surface area (Å²) < 4.78 is 26.3. The van der Waals surface area contributed by atoms with Gasteiger partial charge in [0, 0.05) is 19.2 Å². The van der Waals surface area contributed by atoms with Gasteiger partial charge in [-0.05, 0) is 25.1 Å². The molecule has 0 spiro atoms. The largest absolute Gasteiger partial charge is 0.396 e. The molecule has 19 heavy (non-hydrogen) atoms. The second-order valence-corrected chi connectivity index (χ2v) is 4.12. The van der Waals surface area contributed by atoms with Gasteiger partial charge in [0.1, 0.15) is 11.6 Å². The first-order chi connectivity index (χ1) is 9.06. The van der Waals surface area contributed by atoms with Crippen molar-refractivity contribution in [2.24, 2.45) is 0 Å². The number of nitrogens with one attached hydrogen (secondary N) is 1. The van der Waals surface area contributed by atoms with Crippen molar-refractivity contribution in [2.75, 3.05) is 31.6 Å². The Bertz CT molecular complexity index is 427. The standard InChI is InChI=1S/C13H18F2N2O2/c1-2-17(6-3-7-18)9-13(19)16-12-8-10(14)4-5-11(12)15/h4-5,8,18H,2-3,6-7,9H2,1H3,(H,16,19). The number of benzene rings is 1. The lowest BCUT2D eigenvalue weighted by atomic mass is 10.3. The molecule has 0 aliphatic heterocycles. The lowest BCUT2D eigenvalue weighted by Gasteiger charge is -2.19. The molecule has 0 bridgehead atoms. The quantitative estimate of drug-likeness (QED) is 0.793. The van der Waals surface area contributed by atoms with Gasteiger partial charge < -0.3 is 10.4 Å². The molecule has 6 heteroatoms. The summed E-state index contributed by atoms with van der Waals surface area (Å²) in [5.74, 6) is -1.69. The third kappa shape index (κ3) is 5.32.